The lowest BCUT2D eigenvalue weighted by Gasteiger charge is -2.21. The van der Waals surface area contributed by atoms with E-state index in [2.05, 4.69) is 5.32 Å². The molecule has 1 atom stereocenters. The van der Waals surface area contributed by atoms with Gasteiger partial charge in [-0.25, -0.2) is 9.18 Å². The number of fused-ring (bicyclic) bond motifs is 3. The van der Waals surface area contributed by atoms with Crippen molar-refractivity contribution in [2.75, 3.05) is 6.61 Å². The van der Waals surface area contributed by atoms with Gasteiger partial charge in [0.05, 0.1) is 6.04 Å². The van der Waals surface area contributed by atoms with Crippen LogP contribution >= 0.6 is 0 Å². The zero-order valence-electron chi connectivity index (χ0n) is 16.0. The molecular formula is C24H19FNO4-. The van der Waals surface area contributed by atoms with Crippen molar-refractivity contribution in [1.82, 2.24) is 5.32 Å². The Morgan fingerprint density at radius 3 is 2.20 bits per heavy atom. The van der Waals surface area contributed by atoms with E-state index < -0.39 is 30.3 Å². The van der Waals surface area contributed by atoms with Gasteiger partial charge in [-0.05, 0) is 39.9 Å². The minimum absolute atomic E-state index is 0.0983. The molecule has 3 aromatic carbocycles. The smallest absolute Gasteiger partial charge is 0.407 e. The molecule has 0 saturated heterocycles. The second kappa shape index (κ2) is 8.37. The number of carbonyl (C=O) groups is 2. The molecule has 1 amide bonds. The fraction of sp³-hybridized carbons (Fsp3) is 0.167. The first-order chi connectivity index (χ1) is 14.5. The van der Waals surface area contributed by atoms with Crippen LogP contribution in [0.15, 0.2) is 72.8 Å². The Hall–Kier alpha value is -3.67. The standard InChI is InChI=1S/C24H20FNO4/c25-16-7-5-6-15(12-16)22(13-23(27)28)26-24(29)30-14-21-19-10-3-1-8-17(19)18-9-2-4-11-20(18)21/h1-12,21-22H,13-14H2,(H,26,29)(H,27,28)/p-1/t22-/m1/s1. The van der Waals surface area contributed by atoms with E-state index in [9.17, 15) is 19.1 Å². The number of halogens is 1. The minimum atomic E-state index is -1.36. The van der Waals surface area contributed by atoms with Crippen molar-refractivity contribution in [1.29, 1.82) is 0 Å². The Balaban J connectivity index is 1.48. The van der Waals surface area contributed by atoms with Crippen molar-refractivity contribution in [3.05, 3.63) is 95.3 Å². The summed E-state index contributed by atoms with van der Waals surface area (Å²) in [4.78, 5) is 23.5. The number of benzene rings is 3. The molecule has 1 aliphatic rings. The number of carboxylic acid groups (broad SMARTS) is 1. The Morgan fingerprint density at radius 2 is 1.60 bits per heavy atom. The summed E-state index contributed by atoms with van der Waals surface area (Å²) in [6.45, 7) is 0.0983. The number of nitrogens with one attached hydrogen (secondary N) is 1. The van der Waals surface area contributed by atoms with E-state index in [0.717, 1.165) is 22.3 Å². The van der Waals surface area contributed by atoms with Crippen LogP contribution in [0.25, 0.3) is 11.1 Å². The molecule has 30 heavy (non-hydrogen) atoms. The summed E-state index contributed by atoms with van der Waals surface area (Å²) in [6, 6.07) is 20.4. The van der Waals surface area contributed by atoms with E-state index in [1.165, 1.54) is 18.2 Å². The molecule has 0 radical (unpaired) electrons. The lowest BCUT2D eigenvalue weighted by Crippen LogP contribution is -2.35. The molecule has 1 N–H and O–H groups in total. The molecule has 3 aromatic rings. The normalized spacial score (nSPS) is 13.2. The zero-order chi connectivity index (χ0) is 21.1. The number of hydrogen-bond acceptors (Lipinski definition) is 4. The average Bonchev–Trinajstić information content (AvgIpc) is 3.05. The fourth-order valence-electron chi connectivity index (χ4n) is 3.92. The first-order valence-electron chi connectivity index (χ1n) is 9.59. The van der Waals surface area contributed by atoms with Gasteiger partial charge in [0.2, 0.25) is 0 Å². The number of rotatable bonds is 6. The van der Waals surface area contributed by atoms with Gasteiger partial charge in [-0.2, -0.15) is 0 Å². The summed E-state index contributed by atoms with van der Waals surface area (Å²) in [5.41, 5.74) is 4.69. The van der Waals surface area contributed by atoms with Crippen LogP contribution in [-0.2, 0) is 9.53 Å². The third-order valence-electron chi connectivity index (χ3n) is 5.26. The van der Waals surface area contributed by atoms with Crippen molar-refractivity contribution in [3.8, 4) is 11.1 Å². The number of carbonyl (C=O) groups excluding carboxylic acids is 2. The van der Waals surface area contributed by atoms with Gasteiger partial charge >= 0.3 is 6.09 Å². The molecule has 6 heteroatoms. The molecule has 152 valence electrons. The first-order valence-corrected chi connectivity index (χ1v) is 9.59. The van der Waals surface area contributed by atoms with Gasteiger partial charge in [0.25, 0.3) is 0 Å². The maximum atomic E-state index is 13.5. The Bertz CT molecular complexity index is 1050. The number of amides is 1. The second-order valence-electron chi connectivity index (χ2n) is 7.15. The number of alkyl carbamates (subject to hydrolysis) is 1. The Kier molecular flexibility index (Phi) is 5.48. The predicted octanol–water partition coefficient (Wildman–Crippen LogP) is 3.55. The van der Waals surface area contributed by atoms with E-state index in [-0.39, 0.29) is 12.5 Å². The van der Waals surface area contributed by atoms with Crippen LogP contribution in [0.1, 0.15) is 35.1 Å². The lowest BCUT2D eigenvalue weighted by atomic mass is 9.98. The van der Waals surface area contributed by atoms with Crippen molar-refractivity contribution in [3.63, 3.8) is 0 Å². The molecule has 0 unspecified atom stereocenters. The van der Waals surface area contributed by atoms with Crippen molar-refractivity contribution in [2.24, 2.45) is 0 Å². The van der Waals surface area contributed by atoms with Gasteiger partial charge in [-0.15, -0.1) is 0 Å². The molecule has 0 fully saturated rings. The van der Waals surface area contributed by atoms with E-state index in [1.54, 1.807) is 6.07 Å². The van der Waals surface area contributed by atoms with Crippen LogP contribution in [0.4, 0.5) is 9.18 Å². The van der Waals surface area contributed by atoms with Gasteiger partial charge in [0.1, 0.15) is 12.4 Å². The molecule has 0 heterocycles. The largest absolute Gasteiger partial charge is 0.550 e. The van der Waals surface area contributed by atoms with Gasteiger partial charge in [-0.1, -0.05) is 60.7 Å². The molecule has 0 spiro atoms. The van der Waals surface area contributed by atoms with E-state index in [1.807, 2.05) is 48.5 Å². The average molecular weight is 404 g/mol. The van der Waals surface area contributed by atoms with Crippen LogP contribution in [-0.4, -0.2) is 18.7 Å². The molecule has 5 nitrogen and oxygen atoms in total. The van der Waals surface area contributed by atoms with Crippen LogP contribution in [0.5, 0.6) is 0 Å². The highest BCUT2D eigenvalue weighted by Gasteiger charge is 2.29. The number of carboxylic acids is 1. The summed E-state index contributed by atoms with van der Waals surface area (Å²) >= 11 is 0. The Morgan fingerprint density at radius 1 is 0.967 bits per heavy atom. The van der Waals surface area contributed by atoms with Crippen LogP contribution in [0, 0.1) is 5.82 Å². The summed E-state index contributed by atoms with van der Waals surface area (Å²) in [7, 11) is 0. The van der Waals surface area contributed by atoms with Gasteiger partial charge in [0, 0.05) is 18.3 Å². The highest BCUT2D eigenvalue weighted by molar-refractivity contribution is 5.79. The van der Waals surface area contributed by atoms with Crippen molar-refractivity contribution in [2.45, 2.75) is 18.4 Å². The Labute approximate surface area is 173 Å². The molecule has 0 bridgehead atoms. The number of hydrogen-bond donors (Lipinski definition) is 1. The summed E-state index contributed by atoms with van der Waals surface area (Å²) in [5.74, 6) is -2.00. The molecule has 0 aliphatic heterocycles. The number of aliphatic carboxylic acids is 1. The SMILES string of the molecule is O=C([O-])C[C@@H](NC(=O)OCC1c2ccccc2-c2ccccc21)c1cccc(F)c1. The summed E-state index contributed by atoms with van der Waals surface area (Å²) in [6.07, 6.45) is -1.26. The van der Waals surface area contributed by atoms with E-state index in [4.69, 9.17) is 4.74 Å². The molecule has 0 saturated carbocycles. The van der Waals surface area contributed by atoms with Crippen LogP contribution < -0.4 is 10.4 Å². The lowest BCUT2D eigenvalue weighted by molar-refractivity contribution is -0.306. The van der Waals surface area contributed by atoms with E-state index >= 15 is 0 Å². The summed E-state index contributed by atoms with van der Waals surface area (Å²) < 4.78 is 19.0. The van der Waals surface area contributed by atoms with Crippen molar-refractivity contribution < 1.29 is 23.8 Å². The number of ether oxygens (including phenoxy) is 1. The highest BCUT2D eigenvalue weighted by Crippen LogP contribution is 2.44. The molecular weight excluding hydrogens is 385 g/mol. The quantitative estimate of drug-likeness (QED) is 0.682. The molecule has 1 aliphatic carbocycles. The van der Waals surface area contributed by atoms with Crippen LogP contribution in [0.3, 0.4) is 0 Å². The van der Waals surface area contributed by atoms with Gasteiger partial charge in [-0.3, -0.25) is 0 Å². The maximum absolute atomic E-state index is 13.5. The van der Waals surface area contributed by atoms with Gasteiger partial charge < -0.3 is 20.0 Å². The van der Waals surface area contributed by atoms with E-state index in [0.29, 0.717) is 5.56 Å². The van der Waals surface area contributed by atoms with Gasteiger partial charge in [0.15, 0.2) is 0 Å². The topological polar surface area (TPSA) is 78.5 Å². The minimum Gasteiger partial charge on any atom is -0.550 e. The monoisotopic (exact) mass is 404 g/mol. The summed E-state index contributed by atoms with van der Waals surface area (Å²) in [5, 5.41) is 13.6. The maximum Gasteiger partial charge on any atom is 0.407 e. The second-order valence-corrected chi connectivity index (χ2v) is 7.15. The van der Waals surface area contributed by atoms with Crippen LogP contribution in [0.2, 0.25) is 0 Å². The predicted molar refractivity (Wildman–Crippen MR) is 107 cm³/mol. The third-order valence-corrected chi connectivity index (χ3v) is 5.26. The third kappa shape index (κ3) is 4.03. The molecule has 0 aromatic heterocycles. The highest BCUT2D eigenvalue weighted by atomic mass is 19.1. The first kappa shape index (κ1) is 19.6. The fourth-order valence-corrected chi connectivity index (χ4v) is 3.92. The zero-order valence-corrected chi connectivity index (χ0v) is 16.0. The molecule has 4 rings (SSSR count). The van der Waals surface area contributed by atoms with Crippen molar-refractivity contribution >= 4 is 12.1 Å².